The third-order valence-corrected chi connectivity index (χ3v) is 2.50. The summed E-state index contributed by atoms with van der Waals surface area (Å²) in [4.78, 5) is 14.4. The van der Waals surface area contributed by atoms with Gasteiger partial charge in [-0.1, -0.05) is 18.2 Å². The number of rotatable bonds is 4. The first kappa shape index (κ1) is 12.8. The third kappa shape index (κ3) is 3.38. The maximum atomic E-state index is 10.6. The molecule has 0 atom stereocenters. The Bertz CT molecular complexity index is 624. The van der Waals surface area contributed by atoms with E-state index in [0.717, 1.165) is 11.3 Å². The van der Waals surface area contributed by atoms with Gasteiger partial charge in [0.2, 0.25) is 0 Å². The van der Waals surface area contributed by atoms with Gasteiger partial charge in [-0.2, -0.15) is 0 Å². The van der Waals surface area contributed by atoms with Crippen LogP contribution in [0.2, 0.25) is 0 Å². The predicted octanol–water partition coefficient (Wildman–Crippen LogP) is 3.35. The largest absolute Gasteiger partial charge is 0.497 e. The lowest BCUT2D eigenvalue weighted by Gasteiger charge is -1.99. The molecule has 2 aromatic rings. The summed E-state index contributed by atoms with van der Waals surface area (Å²) in [5.41, 5.74) is 1.43. The summed E-state index contributed by atoms with van der Waals surface area (Å²) >= 11 is 0. The minimum atomic E-state index is -0.440. The molecule has 0 heterocycles. The van der Waals surface area contributed by atoms with Crippen LogP contribution in [0, 0.1) is 10.1 Å². The Labute approximate surface area is 110 Å². The molecule has 0 aromatic heterocycles. The van der Waals surface area contributed by atoms with Gasteiger partial charge in [0.15, 0.2) is 0 Å². The molecule has 0 radical (unpaired) electrons. The lowest BCUT2D eigenvalue weighted by Crippen LogP contribution is -1.87. The zero-order chi connectivity index (χ0) is 13.7. The van der Waals surface area contributed by atoms with Gasteiger partial charge < -0.3 is 4.74 Å². The van der Waals surface area contributed by atoms with Gasteiger partial charge >= 0.3 is 0 Å². The highest BCUT2D eigenvalue weighted by atomic mass is 16.6. The topological polar surface area (TPSA) is 64.7 Å². The number of methoxy groups -OCH3 is 1. The van der Waals surface area contributed by atoms with Gasteiger partial charge in [-0.25, -0.2) is 0 Å². The van der Waals surface area contributed by atoms with E-state index in [2.05, 4.69) is 4.99 Å². The number of non-ortho nitro benzene ring substituents is 1. The molecule has 5 nitrogen and oxygen atoms in total. The number of ether oxygens (including phenoxy) is 1. The van der Waals surface area contributed by atoms with Gasteiger partial charge in [0.25, 0.3) is 5.69 Å². The summed E-state index contributed by atoms with van der Waals surface area (Å²) in [5, 5.41) is 10.6. The lowest BCUT2D eigenvalue weighted by atomic mass is 10.2. The number of benzene rings is 2. The zero-order valence-electron chi connectivity index (χ0n) is 10.3. The van der Waals surface area contributed by atoms with Crippen LogP contribution in [0.5, 0.6) is 5.75 Å². The molecule has 0 spiro atoms. The van der Waals surface area contributed by atoms with Crippen LogP contribution in [0.3, 0.4) is 0 Å². The average molecular weight is 256 g/mol. The van der Waals surface area contributed by atoms with Gasteiger partial charge in [-0.05, 0) is 23.8 Å². The standard InChI is InChI=1S/C14H12N2O3/c1-19-14-7-2-4-11(8-14)10-15-12-5-3-6-13(9-12)16(17)18/h2-10H,1H3. The monoisotopic (exact) mass is 256 g/mol. The molecular weight excluding hydrogens is 244 g/mol. The summed E-state index contributed by atoms with van der Waals surface area (Å²) in [6, 6.07) is 13.6. The summed E-state index contributed by atoms with van der Waals surface area (Å²) in [7, 11) is 1.59. The Morgan fingerprint density at radius 1 is 1.21 bits per heavy atom. The molecule has 0 saturated carbocycles. The van der Waals surface area contributed by atoms with Gasteiger partial charge in [-0.3, -0.25) is 15.1 Å². The van der Waals surface area contributed by atoms with Crippen LogP contribution in [0.4, 0.5) is 11.4 Å². The minimum Gasteiger partial charge on any atom is -0.497 e. The highest BCUT2D eigenvalue weighted by molar-refractivity contribution is 5.82. The molecule has 0 aliphatic rings. The number of aliphatic imine (C=N–C) groups is 1. The van der Waals surface area contributed by atoms with Gasteiger partial charge in [0.1, 0.15) is 5.75 Å². The Kier molecular flexibility index (Phi) is 3.87. The number of hydrogen-bond acceptors (Lipinski definition) is 4. The van der Waals surface area contributed by atoms with Crippen molar-refractivity contribution in [3.8, 4) is 5.75 Å². The van der Waals surface area contributed by atoms with Crippen molar-refractivity contribution in [2.45, 2.75) is 0 Å². The fourth-order valence-corrected chi connectivity index (χ4v) is 1.56. The molecule has 19 heavy (non-hydrogen) atoms. The quantitative estimate of drug-likeness (QED) is 0.478. The molecule has 0 fully saturated rings. The molecule has 2 rings (SSSR count). The van der Waals surface area contributed by atoms with Gasteiger partial charge in [0, 0.05) is 18.3 Å². The fourth-order valence-electron chi connectivity index (χ4n) is 1.56. The van der Waals surface area contributed by atoms with Gasteiger partial charge in [-0.15, -0.1) is 0 Å². The van der Waals surface area contributed by atoms with Crippen LogP contribution in [-0.4, -0.2) is 18.2 Å². The molecular formula is C14H12N2O3. The summed E-state index contributed by atoms with van der Waals surface area (Å²) < 4.78 is 5.11. The fraction of sp³-hybridized carbons (Fsp3) is 0.0714. The van der Waals surface area contributed by atoms with Crippen LogP contribution in [0.25, 0.3) is 0 Å². The zero-order valence-corrected chi connectivity index (χ0v) is 10.3. The molecule has 0 N–H and O–H groups in total. The number of nitrogens with zero attached hydrogens (tertiary/aromatic N) is 2. The van der Waals surface area contributed by atoms with Crippen LogP contribution < -0.4 is 4.74 Å². The van der Waals surface area contributed by atoms with E-state index in [0.29, 0.717) is 5.69 Å². The van der Waals surface area contributed by atoms with E-state index in [1.165, 1.54) is 12.1 Å². The SMILES string of the molecule is COc1cccc(C=Nc2cccc([N+](=O)[O-])c2)c1. The van der Waals surface area contributed by atoms with Crippen LogP contribution >= 0.6 is 0 Å². The summed E-state index contributed by atoms with van der Waals surface area (Å²) in [6.45, 7) is 0. The first-order chi connectivity index (χ1) is 9.19. The Hall–Kier alpha value is -2.69. The van der Waals surface area contributed by atoms with E-state index in [1.807, 2.05) is 24.3 Å². The summed E-state index contributed by atoms with van der Waals surface area (Å²) in [5.74, 6) is 0.739. The van der Waals surface area contributed by atoms with Crippen molar-refractivity contribution in [3.63, 3.8) is 0 Å². The van der Waals surface area contributed by atoms with Crippen LogP contribution in [0.1, 0.15) is 5.56 Å². The lowest BCUT2D eigenvalue weighted by molar-refractivity contribution is -0.384. The Morgan fingerprint density at radius 2 is 2.00 bits per heavy atom. The molecule has 2 aromatic carbocycles. The van der Waals surface area contributed by atoms with E-state index in [1.54, 1.807) is 25.5 Å². The molecule has 0 unspecified atom stereocenters. The maximum Gasteiger partial charge on any atom is 0.271 e. The van der Waals surface area contributed by atoms with Crippen molar-refractivity contribution >= 4 is 17.6 Å². The van der Waals surface area contributed by atoms with E-state index in [4.69, 9.17) is 4.74 Å². The normalized spacial score (nSPS) is 10.6. The molecule has 5 heteroatoms. The highest BCUT2D eigenvalue weighted by Gasteiger charge is 2.04. The molecule has 0 amide bonds. The van der Waals surface area contributed by atoms with Crippen molar-refractivity contribution in [2.24, 2.45) is 4.99 Å². The number of nitro groups is 1. The van der Waals surface area contributed by atoms with E-state index in [9.17, 15) is 10.1 Å². The van der Waals surface area contributed by atoms with E-state index in [-0.39, 0.29) is 5.69 Å². The second-order valence-corrected chi connectivity index (χ2v) is 3.81. The average Bonchev–Trinajstić information content (AvgIpc) is 2.45. The Morgan fingerprint density at radius 3 is 2.74 bits per heavy atom. The smallest absolute Gasteiger partial charge is 0.271 e. The van der Waals surface area contributed by atoms with Crippen molar-refractivity contribution < 1.29 is 9.66 Å². The molecule has 0 aliphatic heterocycles. The Balaban J connectivity index is 2.22. The second kappa shape index (κ2) is 5.77. The van der Waals surface area contributed by atoms with Crippen LogP contribution in [-0.2, 0) is 0 Å². The number of nitro benzene ring substituents is 1. The number of hydrogen-bond donors (Lipinski definition) is 0. The maximum absolute atomic E-state index is 10.6. The first-order valence-electron chi connectivity index (χ1n) is 5.61. The molecule has 96 valence electrons. The first-order valence-corrected chi connectivity index (χ1v) is 5.61. The van der Waals surface area contributed by atoms with Crippen molar-refractivity contribution in [2.75, 3.05) is 7.11 Å². The van der Waals surface area contributed by atoms with E-state index >= 15 is 0 Å². The molecule has 0 aliphatic carbocycles. The summed E-state index contributed by atoms with van der Waals surface area (Å²) in [6.07, 6.45) is 1.64. The van der Waals surface area contributed by atoms with Crippen LogP contribution in [0.15, 0.2) is 53.5 Å². The highest BCUT2D eigenvalue weighted by Crippen LogP contribution is 2.20. The third-order valence-electron chi connectivity index (χ3n) is 2.50. The minimum absolute atomic E-state index is 0.0280. The van der Waals surface area contributed by atoms with Crippen molar-refractivity contribution in [3.05, 3.63) is 64.2 Å². The van der Waals surface area contributed by atoms with Crippen molar-refractivity contribution in [1.82, 2.24) is 0 Å². The van der Waals surface area contributed by atoms with E-state index < -0.39 is 4.92 Å². The molecule has 0 saturated heterocycles. The molecule has 0 bridgehead atoms. The second-order valence-electron chi connectivity index (χ2n) is 3.81. The van der Waals surface area contributed by atoms with Crippen molar-refractivity contribution in [1.29, 1.82) is 0 Å². The predicted molar refractivity (Wildman–Crippen MR) is 73.3 cm³/mol. The van der Waals surface area contributed by atoms with Gasteiger partial charge in [0.05, 0.1) is 17.7 Å².